The summed E-state index contributed by atoms with van der Waals surface area (Å²) < 4.78 is 5.05. The van der Waals surface area contributed by atoms with Gasteiger partial charge in [0, 0.05) is 44.6 Å². The van der Waals surface area contributed by atoms with E-state index in [-0.39, 0.29) is 17.0 Å². The van der Waals surface area contributed by atoms with Crippen LogP contribution < -0.4 is 0 Å². The number of ketones is 1. The van der Waals surface area contributed by atoms with E-state index in [1.807, 2.05) is 12.1 Å². The number of hydrogen-bond acceptors (Lipinski definition) is 6. The zero-order valence-corrected chi connectivity index (χ0v) is 21.9. The van der Waals surface area contributed by atoms with Crippen molar-refractivity contribution in [3.8, 4) is 17.6 Å². The minimum atomic E-state index is -1.12. The first-order chi connectivity index (χ1) is 18.2. The molecule has 0 saturated carbocycles. The number of methoxy groups -OCH3 is 1. The molecule has 0 spiro atoms. The summed E-state index contributed by atoms with van der Waals surface area (Å²) >= 11 is 0. The van der Waals surface area contributed by atoms with E-state index in [1.54, 1.807) is 48.5 Å². The van der Waals surface area contributed by atoms with Crippen molar-refractivity contribution in [3.05, 3.63) is 83.7 Å². The first-order valence-electron chi connectivity index (χ1n) is 12.0. The molecular formula is C30H33N3O5. The highest BCUT2D eigenvalue weighted by Crippen LogP contribution is 2.21. The number of aromatic carboxylic acids is 1. The third-order valence-electron chi connectivity index (χ3n) is 5.50. The maximum Gasteiger partial charge on any atom is 0.336 e. The van der Waals surface area contributed by atoms with E-state index in [1.165, 1.54) is 24.9 Å². The number of aromatic hydroxyl groups is 1. The molecule has 0 amide bonds. The van der Waals surface area contributed by atoms with E-state index in [2.05, 4.69) is 30.3 Å². The second-order valence-corrected chi connectivity index (χ2v) is 8.68. The van der Waals surface area contributed by atoms with Crippen molar-refractivity contribution < 1.29 is 24.5 Å². The van der Waals surface area contributed by atoms with Crippen molar-refractivity contribution in [2.45, 2.75) is 26.7 Å². The lowest BCUT2D eigenvalue weighted by atomic mass is 10.0. The van der Waals surface area contributed by atoms with Gasteiger partial charge in [0.1, 0.15) is 11.4 Å². The number of carboxylic acid groups (broad SMARTS) is 1. The fraction of sp³-hybridized carbons (Fsp3) is 0.267. The zero-order chi connectivity index (χ0) is 28.1. The highest BCUT2D eigenvalue weighted by atomic mass is 16.5. The predicted molar refractivity (Wildman–Crippen MR) is 149 cm³/mol. The van der Waals surface area contributed by atoms with Crippen LogP contribution in [0.3, 0.4) is 0 Å². The van der Waals surface area contributed by atoms with Crippen LogP contribution >= 0.6 is 0 Å². The molecule has 8 heteroatoms. The van der Waals surface area contributed by atoms with Gasteiger partial charge in [0.15, 0.2) is 5.78 Å². The Kier molecular flexibility index (Phi) is 11.7. The number of rotatable bonds is 10. The van der Waals surface area contributed by atoms with Crippen molar-refractivity contribution in [1.29, 1.82) is 5.41 Å². The number of aromatic nitrogens is 1. The number of phenolic OH excluding ortho intramolecular Hbond substituents is 1. The number of Topliss-reactive ketones (excluding diaryl/α,β-unsaturated/α-hetero) is 1. The molecule has 3 rings (SSSR count). The number of phenols is 1. The third kappa shape index (κ3) is 9.19. The molecule has 3 aromatic rings. The normalized spacial score (nSPS) is 10.8. The van der Waals surface area contributed by atoms with E-state index in [9.17, 15) is 14.7 Å². The smallest absolute Gasteiger partial charge is 0.336 e. The van der Waals surface area contributed by atoms with Crippen LogP contribution in [0.15, 0.2) is 61.3 Å². The van der Waals surface area contributed by atoms with E-state index in [4.69, 9.17) is 15.3 Å². The fourth-order valence-corrected chi connectivity index (χ4v) is 3.60. The molecule has 0 saturated heterocycles. The van der Waals surface area contributed by atoms with Gasteiger partial charge >= 0.3 is 5.97 Å². The average molecular weight is 516 g/mol. The molecule has 0 aliphatic heterocycles. The van der Waals surface area contributed by atoms with Gasteiger partial charge in [-0.1, -0.05) is 37.5 Å². The third-order valence-corrected chi connectivity index (χ3v) is 5.50. The topological polar surface area (TPSA) is 124 Å². The Morgan fingerprint density at radius 3 is 2.50 bits per heavy atom. The fourth-order valence-electron chi connectivity index (χ4n) is 3.60. The Bertz CT molecular complexity index is 1330. The van der Waals surface area contributed by atoms with Gasteiger partial charge in [0.25, 0.3) is 0 Å². The van der Waals surface area contributed by atoms with Gasteiger partial charge in [-0.05, 0) is 60.5 Å². The number of carbonyl (C=O) groups is 2. The van der Waals surface area contributed by atoms with E-state index in [0.29, 0.717) is 41.1 Å². The molecule has 1 aromatic heterocycles. The summed E-state index contributed by atoms with van der Waals surface area (Å²) in [6.07, 6.45) is 4.24. The van der Waals surface area contributed by atoms with Crippen LogP contribution in [0.25, 0.3) is 10.9 Å². The largest absolute Gasteiger partial charge is 0.508 e. The molecule has 0 aliphatic carbocycles. The van der Waals surface area contributed by atoms with Gasteiger partial charge in [-0.25, -0.2) is 9.78 Å². The molecule has 0 aliphatic rings. The number of benzene rings is 2. The number of carboxylic acids is 1. The van der Waals surface area contributed by atoms with Crippen LogP contribution in [0.1, 0.15) is 52.2 Å². The molecule has 1 atom stereocenters. The number of carbonyl (C=O) groups excluding carboxylic acids is 1. The molecular weight excluding hydrogens is 482 g/mol. The highest BCUT2D eigenvalue weighted by molar-refractivity contribution is 6.06. The summed E-state index contributed by atoms with van der Waals surface area (Å²) in [6, 6.07) is 13.7. The van der Waals surface area contributed by atoms with Crippen molar-refractivity contribution >= 4 is 29.0 Å². The molecule has 198 valence electrons. The second-order valence-electron chi connectivity index (χ2n) is 8.68. The Morgan fingerprint density at radius 1 is 1.21 bits per heavy atom. The monoisotopic (exact) mass is 515 g/mol. The van der Waals surface area contributed by atoms with Crippen molar-refractivity contribution in [3.63, 3.8) is 0 Å². The van der Waals surface area contributed by atoms with Gasteiger partial charge in [-0.15, -0.1) is 0 Å². The Hall–Kier alpha value is -4.48. The first-order valence-corrected chi connectivity index (χ1v) is 12.0. The van der Waals surface area contributed by atoms with E-state index < -0.39 is 5.97 Å². The minimum absolute atomic E-state index is 0.0282. The summed E-state index contributed by atoms with van der Waals surface area (Å²) in [4.78, 5) is 28.8. The maximum absolute atomic E-state index is 11.5. The molecule has 2 aromatic carbocycles. The second kappa shape index (κ2) is 14.9. The molecule has 1 heterocycles. The summed E-state index contributed by atoms with van der Waals surface area (Å²) in [7, 11) is 1.72. The van der Waals surface area contributed by atoms with Gasteiger partial charge in [0.2, 0.25) is 0 Å². The van der Waals surface area contributed by atoms with Gasteiger partial charge < -0.3 is 19.8 Å². The van der Waals surface area contributed by atoms with Gasteiger partial charge in [-0.3, -0.25) is 10.2 Å². The highest BCUT2D eigenvalue weighted by Gasteiger charge is 2.14. The lowest BCUT2D eigenvalue weighted by molar-refractivity contribution is 0.0699. The molecule has 1 unspecified atom stereocenters. The lowest BCUT2D eigenvalue weighted by Gasteiger charge is -2.09. The molecule has 8 nitrogen and oxygen atoms in total. The van der Waals surface area contributed by atoms with Crippen LogP contribution in [0, 0.1) is 23.2 Å². The molecule has 38 heavy (non-hydrogen) atoms. The van der Waals surface area contributed by atoms with Crippen LogP contribution in [-0.4, -0.2) is 58.4 Å². The zero-order valence-electron chi connectivity index (χ0n) is 21.9. The minimum Gasteiger partial charge on any atom is -0.508 e. The van der Waals surface area contributed by atoms with Gasteiger partial charge in [0.05, 0.1) is 17.4 Å². The average Bonchev–Trinajstić information content (AvgIpc) is 2.89. The number of fused-ring (bicyclic) bond motifs is 1. The van der Waals surface area contributed by atoms with E-state index >= 15 is 0 Å². The number of hydrogen-bond donors (Lipinski definition) is 3. The van der Waals surface area contributed by atoms with Gasteiger partial charge in [-0.2, -0.15) is 0 Å². The number of nitrogens with one attached hydrogen (secondary N) is 1. The number of nitrogens with zero attached hydrogens (tertiary/aromatic N) is 2. The molecule has 0 radical (unpaired) electrons. The standard InChI is InChI=1S/C19H17N3O3.C11H16O2/c1-3-22(12-20)9-5-4-6-14-7-8-17-15(10-14)16(19(24)25)11-18(21-17)13(2)23;1-9(8-13-2)7-10-3-5-11(12)6-4-10/h3,7-8,10-12,20H,1,5,9H2,2H3,(H,24,25);3-6,9,12H,7-8H2,1-2H3. The summed E-state index contributed by atoms with van der Waals surface area (Å²) in [5.74, 6) is 5.39. The first kappa shape index (κ1) is 29.7. The number of pyridine rings is 1. The Labute approximate surface area is 223 Å². The molecule has 3 N–H and O–H groups in total. The van der Waals surface area contributed by atoms with Crippen molar-refractivity contribution in [2.24, 2.45) is 5.92 Å². The number of ether oxygens (including phenoxy) is 1. The quantitative estimate of drug-likeness (QED) is 0.148. The summed E-state index contributed by atoms with van der Waals surface area (Å²) in [5.41, 5.74) is 2.49. The van der Waals surface area contributed by atoms with Crippen LogP contribution in [0.2, 0.25) is 0 Å². The SMILES string of the molecule is C=CN(C=N)CCC#Cc1ccc2nc(C(C)=O)cc(C(=O)O)c2c1.COCC(C)Cc1ccc(O)cc1. The van der Waals surface area contributed by atoms with E-state index in [0.717, 1.165) is 13.0 Å². The maximum atomic E-state index is 11.5. The van der Waals surface area contributed by atoms with Crippen LogP contribution in [0.4, 0.5) is 0 Å². The molecule has 0 fully saturated rings. The Morgan fingerprint density at radius 2 is 1.92 bits per heavy atom. The van der Waals surface area contributed by atoms with Crippen LogP contribution in [-0.2, 0) is 11.2 Å². The summed E-state index contributed by atoms with van der Waals surface area (Å²) in [6.45, 7) is 8.42. The lowest BCUT2D eigenvalue weighted by Crippen LogP contribution is -2.14. The summed E-state index contributed by atoms with van der Waals surface area (Å²) in [5, 5.41) is 26.1. The van der Waals surface area contributed by atoms with Crippen LogP contribution in [0.5, 0.6) is 5.75 Å². The van der Waals surface area contributed by atoms with Crippen molar-refractivity contribution in [2.75, 3.05) is 20.3 Å². The predicted octanol–water partition coefficient (Wildman–Crippen LogP) is 5.15. The van der Waals surface area contributed by atoms with Crippen molar-refractivity contribution in [1.82, 2.24) is 9.88 Å². The molecule has 0 bridgehead atoms. The Balaban J connectivity index is 0.000000328.